The van der Waals surface area contributed by atoms with E-state index >= 15 is 0 Å². The van der Waals surface area contributed by atoms with E-state index in [0.717, 1.165) is 23.4 Å². The van der Waals surface area contributed by atoms with Crippen molar-refractivity contribution in [3.05, 3.63) is 35.9 Å². The van der Waals surface area contributed by atoms with Gasteiger partial charge < -0.3 is 10.5 Å². The predicted molar refractivity (Wildman–Crippen MR) is 57.5 cm³/mol. The first-order chi connectivity index (χ1) is 6.78. The molecule has 1 fully saturated rings. The zero-order valence-corrected chi connectivity index (χ0v) is 7.99. The summed E-state index contributed by atoms with van der Waals surface area (Å²) in [6.07, 6.45) is 2.03. The van der Waals surface area contributed by atoms with Crippen molar-refractivity contribution in [2.24, 2.45) is 0 Å². The van der Waals surface area contributed by atoms with Crippen molar-refractivity contribution >= 4 is 11.8 Å². The average molecular weight is 190 g/mol. The number of rotatable bonds is 4. The number of hydrogen-bond acceptors (Lipinski definition) is 3. The van der Waals surface area contributed by atoms with E-state index in [-0.39, 0.29) is 6.23 Å². The van der Waals surface area contributed by atoms with Crippen molar-refractivity contribution in [3.63, 3.8) is 0 Å². The van der Waals surface area contributed by atoms with Gasteiger partial charge in [-0.05, 0) is 29.3 Å². The maximum absolute atomic E-state index is 5.74. The van der Waals surface area contributed by atoms with Gasteiger partial charge in [-0.1, -0.05) is 12.7 Å². The molecule has 0 aromatic heterocycles. The van der Waals surface area contributed by atoms with Crippen molar-refractivity contribution in [2.45, 2.75) is 12.8 Å². The Morgan fingerprint density at radius 1 is 1.57 bits per heavy atom. The highest BCUT2D eigenvalue weighted by Gasteiger charge is 2.20. The molecule has 14 heavy (non-hydrogen) atoms. The molecule has 0 bridgehead atoms. The maximum Gasteiger partial charge on any atom is 0.121 e. The first-order valence-electron chi connectivity index (χ1n) is 4.65. The second-order valence-electron chi connectivity index (χ2n) is 3.42. The summed E-state index contributed by atoms with van der Waals surface area (Å²) in [5.41, 5.74) is 8.62. The molecule has 1 aromatic carbocycles. The Morgan fingerprint density at radius 2 is 2.36 bits per heavy atom. The molecule has 1 aliphatic heterocycles. The first kappa shape index (κ1) is 9.24. The monoisotopic (exact) mass is 190 g/mol. The van der Waals surface area contributed by atoms with E-state index in [2.05, 4.69) is 11.9 Å². The number of nitrogen functional groups attached to an aromatic ring is 1. The van der Waals surface area contributed by atoms with E-state index in [0.29, 0.717) is 6.61 Å². The third-order valence-corrected chi connectivity index (χ3v) is 2.10. The smallest absolute Gasteiger partial charge is 0.121 e. The fourth-order valence-electron chi connectivity index (χ4n) is 1.31. The third kappa shape index (κ3) is 2.34. The molecule has 0 amide bonds. The van der Waals surface area contributed by atoms with Gasteiger partial charge in [0.15, 0.2) is 0 Å². The van der Waals surface area contributed by atoms with Gasteiger partial charge in [-0.3, -0.25) is 5.32 Å². The molecule has 1 unspecified atom stereocenters. The fraction of sp³-hybridized carbons (Fsp3) is 0.273. The highest BCUT2D eigenvalue weighted by atomic mass is 16.5. The summed E-state index contributed by atoms with van der Waals surface area (Å²) in [6.45, 7) is 5.27. The summed E-state index contributed by atoms with van der Waals surface area (Å²) in [4.78, 5) is 0. The molecule has 1 saturated heterocycles. The Kier molecular flexibility index (Phi) is 2.52. The Morgan fingerprint density at radius 3 is 3.00 bits per heavy atom. The van der Waals surface area contributed by atoms with E-state index in [1.807, 2.05) is 18.2 Å². The summed E-state index contributed by atoms with van der Waals surface area (Å²) < 4.78 is 5.49. The van der Waals surface area contributed by atoms with Crippen LogP contribution in [0.5, 0.6) is 0 Å². The molecule has 0 saturated carbocycles. The predicted octanol–water partition coefficient (Wildman–Crippen LogP) is 1.36. The summed E-state index contributed by atoms with van der Waals surface area (Å²) in [5, 5.41) is 3.07. The average Bonchev–Trinajstić information content (AvgIpc) is 2.97. The van der Waals surface area contributed by atoms with E-state index in [1.165, 1.54) is 0 Å². The summed E-state index contributed by atoms with van der Waals surface area (Å²) in [6, 6.07) is 5.85. The van der Waals surface area contributed by atoms with Gasteiger partial charge in [0.05, 0.1) is 6.61 Å². The van der Waals surface area contributed by atoms with E-state index < -0.39 is 0 Å². The minimum absolute atomic E-state index is 0.239. The number of nitrogens with one attached hydrogen (secondary N) is 1. The van der Waals surface area contributed by atoms with Crippen LogP contribution in [0.25, 0.3) is 6.08 Å². The lowest BCUT2D eigenvalue weighted by atomic mass is 10.1. The second kappa shape index (κ2) is 3.82. The molecule has 3 heteroatoms. The van der Waals surface area contributed by atoms with Gasteiger partial charge >= 0.3 is 0 Å². The van der Waals surface area contributed by atoms with Crippen LogP contribution in [0.4, 0.5) is 5.69 Å². The third-order valence-electron chi connectivity index (χ3n) is 2.10. The van der Waals surface area contributed by atoms with Crippen molar-refractivity contribution in [3.8, 4) is 0 Å². The number of nitrogens with two attached hydrogens (primary N) is 1. The maximum atomic E-state index is 5.74. The van der Waals surface area contributed by atoms with Crippen LogP contribution in [0.2, 0.25) is 0 Å². The minimum Gasteiger partial charge on any atom is -0.399 e. The summed E-state index contributed by atoms with van der Waals surface area (Å²) in [7, 11) is 0. The van der Waals surface area contributed by atoms with Gasteiger partial charge in [0, 0.05) is 12.2 Å². The Hall–Kier alpha value is -1.32. The van der Waals surface area contributed by atoms with Crippen LogP contribution < -0.4 is 11.1 Å². The topological polar surface area (TPSA) is 57.2 Å². The molecule has 1 aromatic rings. The Balaban J connectivity index is 2.06. The molecule has 1 aliphatic rings. The highest BCUT2D eigenvalue weighted by molar-refractivity contribution is 5.56. The van der Waals surface area contributed by atoms with Crippen molar-refractivity contribution < 1.29 is 4.74 Å². The molecule has 2 rings (SSSR count). The van der Waals surface area contributed by atoms with E-state index in [9.17, 15) is 0 Å². The van der Waals surface area contributed by atoms with Crippen LogP contribution in [-0.4, -0.2) is 12.8 Å². The molecule has 0 spiro atoms. The quantitative estimate of drug-likeness (QED) is 0.556. The Labute approximate surface area is 83.6 Å². The van der Waals surface area contributed by atoms with Crippen molar-refractivity contribution in [1.82, 2.24) is 5.32 Å². The SMILES string of the molecule is C=Cc1cc(N)cc(COC2CN2)c1. The lowest BCUT2D eigenvalue weighted by Gasteiger charge is -2.05. The summed E-state index contributed by atoms with van der Waals surface area (Å²) in [5.74, 6) is 0. The number of hydrogen-bond donors (Lipinski definition) is 2. The number of anilines is 1. The molecule has 0 radical (unpaired) electrons. The van der Waals surface area contributed by atoms with Crippen LogP contribution >= 0.6 is 0 Å². The fourth-order valence-corrected chi connectivity index (χ4v) is 1.31. The highest BCUT2D eigenvalue weighted by Crippen LogP contribution is 2.15. The van der Waals surface area contributed by atoms with Crippen LogP contribution in [0.1, 0.15) is 11.1 Å². The van der Waals surface area contributed by atoms with Gasteiger partial charge in [0.25, 0.3) is 0 Å². The largest absolute Gasteiger partial charge is 0.399 e. The molecular formula is C11H14N2O. The molecule has 1 heterocycles. The van der Waals surface area contributed by atoms with Gasteiger partial charge in [0.2, 0.25) is 0 Å². The lowest BCUT2D eigenvalue weighted by Crippen LogP contribution is -2.00. The van der Waals surface area contributed by atoms with Gasteiger partial charge in [-0.15, -0.1) is 0 Å². The molecule has 3 nitrogen and oxygen atoms in total. The molecule has 1 atom stereocenters. The molecular weight excluding hydrogens is 176 g/mol. The van der Waals surface area contributed by atoms with Gasteiger partial charge in [-0.25, -0.2) is 0 Å². The first-order valence-corrected chi connectivity index (χ1v) is 4.65. The standard InChI is InChI=1S/C11H14N2O/c1-2-8-3-9(5-10(12)4-8)7-14-11-6-13-11/h2-5,11,13H,1,6-7,12H2. The minimum atomic E-state index is 0.239. The van der Waals surface area contributed by atoms with Crippen LogP contribution in [0.3, 0.4) is 0 Å². The molecule has 3 N–H and O–H groups in total. The zero-order valence-electron chi connectivity index (χ0n) is 7.99. The van der Waals surface area contributed by atoms with Crippen molar-refractivity contribution in [2.75, 3.05) is 12.3 Å². The van der Waals surface area contributed by atoms with Crippen LogP contribution in [0.15, 0.2) is 24.8 Å². The van der Waals surface area contributed by atoms with E-state index in [1.54, 1.807) is 6.08 Å². The normalized spacial score (nSPS) is 19.3. The molecule has 74 valence electrons. The zero-order chi connectivity index (χ0) is 9.97. The summed E-state index contributed by atoms with van der Waals surface area (Å²) >= 11 is 0. The molecule has 0 aliphatic carbocycles. The van der Waals surface area contributed by atoms with Crippen LogP contribution in [-0.2, 0) is 11.3 Å². The van der Waals surface area contributed by atoms with Crippen molar-refractivity contribution in [1.29, 1.82) is 0 Å². The van der Waals surface area contributed by atoms with Crippen LogP contribution in [0, 0.1) is 0 Å². The van der Waals surface area contributed by atoms with E-state index in [4.69, 9.17) is 10.5 Å². The Bertz CT molecular complexity index is 345. The second-order valence-corrected chi connectivity index (χ2v) is 3.42. The van der Waals surface area contributed by atoms with Gasteiger partial charge in [0.1, 0.15) is 6.23 Å². The number of benzene rings is 1. The lowest BCUT2D eigenvalue weighted by molar-refractivity contribution is 0.103. The van der Waals surface area contributed by atoms with Gasteiger partial charge in [-0.2, -0.15) is 0 Å². The number of ether oxygens (including phenoxy) is 1.